The number of hydrogen-bond donors (Lipinski definition) is 0. The molecule has 0 aromatic heterocycles. The molecule has 0 aromatic rings. The first-order valence-electron chi connectivity index (χ1n) is 6.27. The van der Waals surface area contributed by atoms with Gasteiger partial charge in [-0.05, 0) is 24.7 Å². The van der Waals surface area contributed by atoms with E-state index in [1.54, 1.807) is 0 Å². The second kappa shape index (κ2) is 8.97. The fourth-order valence-corrected chi connectivity index (χ4v) is 1.56. The minimum absolute atomic E-state index is 0.338. The second-order valence-corrected chi connectivity index (χ2v) is 5.02. The number of aliphatic imine (C=N–C) groups is 1. The largest absolute Gasteiger partial charge is 0.461 e. The van der Waals surface area contributed by atoms with E-state index in [4.69, 9.17) is 4.74 Å². The van der Waals surface area contributed by atoms with E-state index in [1.807, 2.05) is 0 Å². The molecule has 0 aromatic carbocycles. The Morgan fingerprint density at radius 1 is 1.24 bits per heavy atom. The summed E-state index contributed by atoms with van der Waals surface area (Å²) in [5.74, 6) is 0.848. The highest BCUT2D eigenvalue weighted by molar-refractivity contribution is 5.85. The number of rotatable bonds is 8. The standard InChI is InChI=1S/C14H25NO2/c1-6-14(16)17-8-7-15-13(9-11(2)3)10-12(4)5/h6,11-12H,1,7-10H2,2-5H3. The first-order chi connectivity index (χ1) is 7.95. The van der Waals surface area contributed by atoms with Crippen molar-refractivity contribution in [3.8, 4) is 0 Å². The van der Waals surface area contributed by atoms with Crippen molar-refractivity contribution in [3.63, 3.8) is 0 Å². The Bertz CT molecular complexity index is 255. The van der Waals surface area contributed by atoms with Gasteiger partial charge in [0.15, 0.2) is 0 Å². The number of carbonyl (C=O) groups is 1. The lowest BCUT2D eigenvalue weighted by Gasteiger charge is -2.11. The van der Waals surface area contributed by atoms with Gasteiger partial charge in [-0.15, -0.1) is 0 Å². The van der Waals surface area contributed by atoms with Crippen LogP contribution in [0.3, 0.4) is 0 Å². The first-order valence-corrected chi connectivity index (χ1v) is 6.27. The van der Waals surface area contributed by atoms with E-state index in [9.17, 15) is 4.79 Å². The summed E-state index contributed by atoms with van der Waals surface area (Å²) in [5.41, 5.74) is 1.23. The summed E-state index contributed by atoms with van der Waals surface area (Å²) in [7, 11) is 0. The zero-order valence-corrected chi connectivity index (χ0v) is 11.5. The highest BCUT2D eigenvalue weighted by atomic mass is 16.5. The van der Waals surface area contributed by atoms with Crippen molar-refractivity contribution < 1.29 is 9.53 Å². The van der Waals surface area contributed by atoms with Crippen molar-refractivity contribution in [1.29, 1.82) is 0 Å². The molecule has 0 fully saturated rings. The lowest BCUT2D eigenvalue weighted by molar-refractivity contribution is -0.137. The number of nitrogens with zero attached hydrogens (tertiary/aromatic N) is 1. The van der Waals surface area contributed by atoms with Crippen LogP contribution in [0.2, 0.25) is 0 Å². The predicted molar refractivity (Wildman–Crippen MR) is 72.4 cm³/mol. The van der Waals surface area contributed by atoms with Gasteiger partial charge in [-0.2, -0.15) is 0 Å². The van der Waals surface area contributed by atoms with Crippen molar-refractivity contribution in [1.82, 2.24) is 0 Å². The lowest BCUT2D eigenvalue weighted by atomic mass is 9.99. The van der Waals surface area contributed by atoms with E-state index >= 15 is 0 Å². The quantitative estimate of drug-likeness (QED) is 0.282. The van der Waals surface area contributed by atoms with E-state index in [0.717, 1.165) is 12.8 Å². The molecule has 0 aliphatic carbocycles. The smallest absolute Gasteiger partial charge is 0.330 e. The maximum Gasteiger partial charge on any atom is 0.330 e. The average Bonchev–Trinajstić information content (AvgIpc) is 2.22. The van der Waals surface area contributed by atoms with Crippen molar-refractivity contribution in [3.05, 3.63) is 12.7 Å². The van der Waals surface area contributed by atoms with E-state index in [-0.39, 0.29) is 5.97 Å². The van der Waals surface area contributed by atoms with Gasteiger partial charge in [0.2, 0.25) is 0 Å². The monoisotopic (exact) mass is 239 g/mol. The molecule has 0 saturated carbocycles. The maximum atomic E-state index is 10.8. The number of carbonyl (C=O) groups excluding carboxylic acids is 1. The van der Waals surface area contributed by atoms with Gasteiger partial charge in [0, 0.05) is 11.8 Å². The lowest BCUT2D eigenvalue weighted by Crippen LogP contribution is -2.10. The third kappa shape index (κ3) is 9.79. The predicted octanol–water partition coefficient (Wildman–Crippen LogP) is 3.25. The summed E-state index contributed by atoms with van der Waals surface area (Å²) in [6, 6.07) is 0. The third-order valence-electron chi connectivity index (χ3n) is 2.13. The fraction of sp³-hybridized carbons (Fsp3) is 0.714. The van der Waals surface area contributed by atoms with Crippen LogP contribution in [-0.4, -0.2) is 24.8 Å². The molecule has 0 saturated heterocycles. The van der Waals surface area contributed by atoms with E-state index < -0.39 is 0 Å². The van der Waals surface area contributed by atoms with Crippen LogP contribution >= 0.6 is 0 Å². The van der Waals surface area contributed by atoms with E-state index in [1.165, 1.54) is 11.8 Å². The van der Waals surface area contributed by atoms with Crippen LogP contribution in [0.15, 0.2) is 17.6 Å². The van der Waals surface area contributed by atoms with Gasteiger partial charge in [-0.3, -0.25) is 4.99 Å². The van der Waals surface area contributed by atoms with E-state index in [2.05, 4.69) is 39.3 Å². The Labute approximate surface area is 105 Å². The molecule has 0 aliphatic rings. The Morgan fingerprint density at radius 2 is 1.76 bits per heavy atom. The molecule has 0 rings (SSSR count). The van der Waals surface area contributed by atoms with Crippen molar-refractivity contribution in [2.24, 2.45) is 16.8 Å². The van der Waals surface area contributed by atoms with E-state index in [0.29, 0.717) is 25.0 Å². The Hall–Kier alpha value is -1.12. The molecule has 3 nitrogen and oxygen atoms in total. The molecule has 0 radical (unpaired) electrons. The SMILES string of the molecule is C=CC(=O)OCCN=C(CC(C)C)CC(C)C. The Balaban J connectivity index is 4.09. The van der Waals surface area contributed by atoms with Gasteiger partial charge in [0.25, 0.3) is 0 Å². The summed E-state index contributed by atoms with van der Waals surface area (Å²) in [6.45, 7) is 13.0. The molecule has 0 heterocycles. The normalized spacial score (nSPS) is 10.5. The average molecular weight is 239 g/mol. The fourth-order valence-electron chi connectivity index (χ4n) is 1.56. The summed E-state index contributed by atoms with van der Waals surface area (Å²) in [5, 5.41) is 0. The summed E-state index contributed by atoms with van der Waals surface area (Å²) < 4.78 is 4.89. The summed E-state index contributed by atoms with van der Waals surface area (Å²) in [4.78, 5) is 15.3. The van der Waals surface area contributed by atoms with Crippen molar-refractivity contribution >= 4 is 11.7 Å². The molecule has 3 heteroatoms. The number of ether oxygens (including phenoxy) is 1. The molecule has 0 unspecified atom stereocenters. The van der Waals surface area contributed by atoms with Crippen LogP contribution in [0.25, 0.3) is 0 Å². The molecular weight excluding hydrogens is 214 g/mol. The molecule has 0 atom stereocenters. The van der Waals surface area contributed by atoms with Crippen LogP contribution in [0.1, 0.15) is 40.5 Å². The van der Waals surface area contributed by atoms with Gasteiger partial charge >= 0.3 is 5.97 Å². The molecule has 17 heavy (non-hydrogen) atoms. The van der Waals surface area contributed by atoms with Crippen LogP contribution in [-0.2, 0) is 9.53 Å². The zero-order valence-electron chi connectivity index (χ0n) is 11.5. The minimum Gasteiger partial charge on any atom is -0.461 e. The van der Waals surface area contributed by atoms with Gasteiger partial charge in [0.05, 0.1) is 6.54 Å². The van der Waals surface area contributed by atoms with Gasteiger partial charge in [0.1, 0.15) is 6.61 Å². The molecule has 0 N–H and O–H groups in total. The third-order valence-corrected chi connectivity index (χ3v) is 2.13. The van der Waals surface area contributed by atoms with Crippen LogP contribution in [0, 0.1) is 11.8 Å². The molecule has 0 spiro atoms. The zero-order chi connectivity index (χ0) is 13.3. The molecular formula is C14H25NO2. The summed E-state index contributed by atoms with van der Waals surface area (Å²) in [6.07, 6.45) is 3.22. The molecule has 98 valence electrons. The number of hydrogen-bond acceptors (Lipinski definition) is 3. The molecule has 0 bridgehead atoms. The Kier molecular flexibility index (Phi) is 8.38. The first kappa shape index (κ1) is 15.9. The van der Waals surface area contributed by atoms with Gasteiger partial charge in [-0.25, -0.2) is 4.79 Å². The van der Waals surface area contributed by atoms with Crippen molar-refractivity contribution in [2.45, 2.75) is 40.5 Å². The number of esters is 1. The van der Waals surface area contributed by atoms with Gasteiger partial charge < -0.3 is 4.74 Å². The minimum atomic E-state index is -0.380. The topological polar surface area (TPSA) is 38.7 Å². The van der Waals surface area contributed by atoms with Crippen LogP contribution in [0.4, 0.5) is 0 Å². The molecule has 0 aliphatic heterocycles. The highest BCUT2D eigenvalue weighted by Gasteiger charge is 2.05. The highest BCUT2D eigenvalue weighted by Crippen LogP contribution is 2.10. The Morgan fingerprint density at radius 3 is 2.18 bits per heavy atom. The second-order valence-electron chi connectivity index (χ2n) is 5.02. The van der Waals surface area contributed by atoms with Gasteiger partial charge in [-0.1, -0.05) is 34.3 Å². The summed E-state index contributed by atoms with van der Waals surface area (Å²) >= 11 is 0. The van der Waals surface area contributed by atoms with Crippen LogP contribution < -0.4 is 0 Å². The van der Waals surface area contributed by atoms with Crippen LogP contribution in [0.5, 0.6) is 0 Å². The maximum absolute atomic E-state index is 10.8. The molecule has 0 amide bonds. The van der Waals surface area contributed by atoms with Crippen molar-refractivity contribution in [2.75, 3.05) is 13.2 Å².